The van der Waals surface area contributed by atoms with E-state index in [9.17, 15) is 0 Å². The van der Waals surface area contributed by atoms with Crippen LogP contribution in [0.15, 0.2) is 190 Å². The number of nitrogens with one attached hydrogen (secondary N) is 1. The largest absolute Gasteiger partial charge is 0.456 e. The SMILES string of the molecule is c1ccc2cc(C3=NC(c4ccc5cc(-c6cccc7oc8ccccc8c67)ccc5c4)N=C(c4ccc5c(ccc6ccccc65)c4)N3)ccc2c1. The third-order valence-corrected chi connectivity index (χ3v) is 10.7. The van der Waals surface area contributed by atoms with Gasteiger partial charge in [0, 0.05) is 21.9 Å². The summed E-state index contributed by atoms with van der Waals surface area (Å²) in [5.41, 5.74) is 7.22. The van der Waals surface area contributed by atoms with Crippen LogP contribution in [0.25, 0.3) is 76.2 Å². The van der Waals surface area contributed by atoms with Crippen molar-refractivity contribution in [1.82, 2.24) is 5.32 Å². The number of para-hydroxylation sites is 1. The Morgan fingerprint density at radius 3 is 1.85 bits per heavy atom. The Morgan fingerprint density at radius 2 is 0.962 bits per heavy atom. The van der Waals surface area contributed by atoms with Crippen molar-refractivity contribution < 1.29 is 4.42 Å². The zero-order valence-electron chi connectivity index (χ0n) is 28.6. The van der Waals surface area contributed by atoms with E-state index in [-0.39, 0.29) is 0 Å². The topological polar surface area (TPSA) is 49.9 Å². The summed E-state index contributed by atoms with van der Waals surface area (Å²) in [5.74, 6) is 1.61. The van der Waals surface area contributed by atoms with E-state index in [1.807, 2.05) is 18.2 Å². The van der Waals surface area contributed by atoms with Gasteiger partial charge >= 0.3 is 0 Å². The molecule has 1 aromatic heterocycles. The van der Waals surface area contributed by atoms with Gasteiger partial charge in [-0.25, -0.2) is 9.98 Å². The predicted molar refractivity (Wildman–Crippen MR) is 221 cm³/mol. The molecule has 1 atom stereocenters. The quantitative estimate of drug-likeness (QED) is 0.189. The van der Waals surface area contributed by atoms with E-state index >= 15 is 0 Å². The van der Waals surface area contributed by atoms with E-state index < -0.39 is 6.17 Å². The molecule has 0 bridgehead atoms. The summed E-state index contributed by atoms with van der Waals surface area (Å²) >= 11 is 0. The summed E-state index contributed by atoms with van der Waals surface area (Å²) in [6.07, 6.45) is -0.421. The van der Waals surface area contributed by atoms with Crippen molar-refractivity contribution in [2.45, 2.75) is 6.17 Å². The molecule has 0 radical (unpaired) electrons. The first kappa shape index (κ1) is 29.7. The highest BCUT2D eigenvalue weighted by molar-refractivity contribution is 6.18. The van der Waals surface area contributed by atoms with Gasteiger partial charge in [-0.15, -0.1) is 0 Å². The Labute approximate surface area is 305 Å². The number of nitrogens with zero attached hydrogens (tertiary/aromatic N) is 2. The van der Waals surface area contributed by atoms with Gasteiger partial charge in [0.05, 0.1) is 0 Å². The van der Waals surface area contributed by atoms with Crippen LogP contribution in [0.5, 0.6) is 0 Å². The zero-order valence-corrected chi connectivity index (χ0v) is 28.6. The number of benzene rings is 9. The first-order valence-electron chi connectivity index (χ1n) is 18.0. The molecule has 1 unspecified atom stereocenters. The van der Waals surface area contributed by atoms with Crippen molar-refractivity contribution in [2.75, 3.05) is 0 Å². The minimum atomic E-state index is -0.421. The second kappa shape index (κ2) is 11.8. The van der Waals surface area contributed by atoms with Crippen LogP contribution < -0.4 is 5.32 Å². The molecule has 4 nitrogen and oxygen atoms in total. The fraction of sp³-hybridized carbons (Fsp3) is 0.0204. The lowest BCUT2D eigenvalue weighted by Gasteiger charge is -2.23. The fourth-order valence-electron chi connectivity index (χ4n) is 8.00. The van der Waals surface area contributed by atoms with Crippen molar-refractivity contribution in [3.05, 3.63) is 193 Å². The van der Waals surface area contributed by atoms with Crippen molar-refractivity contribution in [1.29, 1.82) is 0 Å². The molecule has 0 spiro atoms. The molecule has 0 fully saturated rings. The molecule has 10 aromatic rings. The molecule has 11 rings (SSSR count). The summed E-state index contributed by atoms with van der Waals surface area (Å²) in [4.78, 5) is 10.5. The van der Waals surface area contributed by atoms with E-state index in [1.54, 1.807) is 0 Å². The van der Waals surface area contributed by atoms with Crippen LogP contribution in [-0.2, 0) is 0 Å². The van der Waals surface area contributed by atoms with E-state index in [0.29, 0.717) is 0 Å². The number of amidine groups is 2. The van der Waals surface area contributed by atoms with Crippen molar-refractivity contribution in [3.63, 3.8) is 0 Å². The maximum Gasteiger partial charge on any atom is 0.169 e. The number of fused-ring (bicyclic) bond motifs is 8. The zero-order chi connectivity index (χ0) is 34.9. The van der Waals surface area contributed by atoms with E-state index in [0.717, 1.165) is 66.6 Å². The number of furan rings is 1. The van der Waals surface area contributed by atoms with Gasteiger partial charge in [-0.1, -0.05) is 140 Å². The molecular formula is C49H31N3O. The molecule has 0 saturated heterocycles. The maximum absolute atomic E-state index is 6.20. The Hall–Kier alpha value is -7.04. The molecule has 0 aliphatic carbocycles. The Balaban J connectivity index is 1.02. The number of aliphatic imine (C=N–C) groups is 2. The van der Waals surface area contributed by atoms with Crippen LogP contribution in [0.1, 0.15) is 22.9 Å². The molecule has 53 heavy (non-hydrogen) atoms. The fourth-order valence-corrected chi connectivity index (χ4v) is 8.00. The first-order valence-corrected chi connectivity index (χ1v) is 18.0. The third kappa shape index (κ3) is 4.99. The second-order valence-corrected chi connectivity index (χ2v) is 13.8. The Morgan fingerprint density at radius 1 is 0.396 bits per heavy atom. The smallest absolute Gasteiger partial charge is 0.169 e. The molecule has 1 aliphatic rings. The molecule has 248 valence electrons. The van der Waals surface area contributed by atoms with Gasteiger partial charge in [-0.2, -0.15) is 0 Å². The molecule has 0 saturated carbocycles. The van der Waals surface area contributed by atoms with Crippen LogP contribution in [-0.4, -0.2) is 11.7 Å². The minimum absolute atomic E-state index is 0.421. The highest BCUT2D eigenvalue weighted by Crippen LogP contribution is 2.38. The molecular weight excluding hydrogens is 647 g/mol. The van der Waals surface area contributed by atoms with E-state index in [4.69, 9.17) is 14.4 Å². The predicted octanol–water partition coefficient (Wildman–Crippen LogP) is 12.4. The summed E-state index contributed by atoms with van der Waals surface area (Å²) in [6.45, 7) is 0. The monoisotopic (exact) mass is 677 g/mol. The second-order valence-electron chi connectivity index (χ2n) is 13.8. The lowest BCUT2D eigenvalue weighted by Crippen LogP contribution is -2.36. The summed E-state index contributed by atoms with van der Waals surface area (Å²) in [5, 5.41) is 15.5. The Kier molecular flexibility index (Phi) is 6.58. The molecule has 4 heteroatoms. The summed E-state index contributed by atoms with van der Waals surface area (Å²) < 4.78 is 6.20. The van der Waals surface area contributed by atoms with E-state index in [2.05, 4.69) is 163 Å². The van der Waals surface area contributed by atoms with Gasteiger partial charge in [0.25, 0.3) is 0 Å². The molecule has 9 aromatic carbocycles. The van der Waals surface area contributed by atoms with Gasteiger partial charge < -0.3 is 9.73 Å². The van der Waals surface area contributed by atoms with Crippen LogP contribution >= 0.6 is 0 Å². The average molecular weight is 678 g/mol. The molecule has 2 heterocycles. The number of hydrogen-bond acceptors (Lipinski definition) is 4. The molecule has 1 N–H and O–H groups in total. The van der Waals surface area contributed by atoms with Crippen LogP contribution in [0, 0.1) is 0 Å². The summed E-state index contributed by atoms with van der Waals surface area (Å²) in [6, 6.07) is 62.4. The van der Waals surface area contributed by atoms with Gasteiger partial charge in [0.15, 0.2) is 6.17 Å². The van der Waals surface area contributed by atoms with Crippen molar-refractivity contribution in [3.8, 4) is 11.1 Å². The molecule has 0 amide bonds. The summed E-state index contributed by atoms with van der Waals surface area (Å²) in [7, 11) is 0. The lowest BCUT2D eigenvalue weighted by atomic mass is 9.96. The highest BCUT2D eigenvalue weighted by atomic mass is 16.3. The number of hydrogen-bond donors (Lipinski definition) is 1. The highest BCUT2D eigenvalue weighted by Gasteiger charge is 2.22. The average Bonchev–Trinajstić information content (AvgIpc) is 3.62. The normalized spacial score (nSPS) is 14.6. The van der Waals surface area contributed by atoms with Gasteiger partial charge in [0.1, 0.15) is 22.8 Å². The van der Waals surface area contributed by atoms with Crippen LogP contribution in [0.2, 0.25) is 0 Å². The van der Waals surface area contributed by atoms with Gasteiger partial charge in [-0.3, -0.25) is 0 Å². The van der Waals surface area contributed by atoms with Crippen molar-refractivity contribution >= 4 is 76.7 Å². The standard InChI is InChI=1S/C49H31N3O/c1-2-10-32-27-37(22-16-30(32)8-1)47-50-48(52-49(51-47)39-24-25-41-35(29-39)20-17-31-9-3-4-11-40(31)41)38-23-19-33-26-36(21-18-34(33)28-38)42-13-7-15-45-46(42)43-12-5-6-14-44(43)53-45/h1-29,48H,(H,50,51,52). The maximum atomic E-state index is 6.20. The Bertz CT molecular complexity index is 3170. The van der Waals surface area contributed by atoms with Gasteiger partial charge in [0.2, 0.25) is 0 Å². The minimum Gasteiger partial charge on any atom is -0.456 e. The molecule has 1 aliphatic heterocycles. The van der Waals surface area contributed by atoms with Crippen LogP contribution in [0.4, 0.5) is 0 Å². The van der Waals surface area contributed by atoms with Gasteiger partial charge in [-0.05, 0) is 96.2 Å². The number of rotatable bonds is 4. The van der Waals surface area contributed by atoms with Crippen LogP contribution in [0.3, 0.4) is 0 Å². The van der Waals surface area contributed by atoms with Crippen molar-refractivity contribution in [2.24, 2.45) is 9.98 Å². The lowest BCUT2D eigenvalue weighted by molar-refractivity contribution is 0.669. The first-order chi connectivity index (χ1) is 26.2. The third-order valence-electron chi connectivity index (χ3n) is 10.7. The van der Waals surface area contributed by atoms with E-state index in [1.165, 1.54) is 37.9 Å².